The predicted molar refractivity (Wildman–Crippen MR) is 124 cm³/mol. The van der Waals surface area contributed by atoms with Crippen molar-refractivity contribution >= 4 is 34.8 Å². The minimum atomic E-state index is -1.54. The van der Waals surface area contributed by atoms with Crippen LogP contribution in [0.3, 0.4) is 0 Å². The lowest BCUT2D eigenvalue weighted by Crippen LogP contribution is -2.54. The number of nitrogens with zero attached hydrogens (tertiary/aromatic N) is 3. The quantitative estimate of drug-likeness (QED) is 0.287. The third-order valence-electron chi connectivity index (χ3n) is 6.51. The van der Waals surface area contributed by atoms with Gasteiger partial charge in [-0.1, -0.05) is 83.9 Å². The average molecular weight is 478 g/mol. The van der Waals surface area contributed by atoms with Gasteiger partial charge in [0.1, 0.15) is 4.33 Å². The topological polar surface area (TPSA) is 87.2 Å². The molecule has 0 N–H and O–H groups in total. The molecule has 0 radical (unpaired) electrons. The first-order chi connectivity index (χ1) is 15.8. The van der Waals surface area contributed by atoms with Gasteiger partial charge in [-0.15, -0.1) is 0 Å². The van der Waals surface area contributed by atoms with Crippen LogP contribution >= 0.6 is 23.2 Å². The molecule has 0 spiro atoms. The summed E-state index contributed by atoms with van der Waals surface area (Å²) in [4.78, 5) is 26.5. The lowest BCUT2D eigenvalue weighted by atomic mass is 9.76. The van der Waals surface area contributed by atoms with Crippen LogP contribution in [0.25, 0.3) is 0 Å². The van der Waals surface area contributed by atoms with Crippen molar-refractivity contribution < 1.29 is 9.72 Å². The highest BCUT2D eigenvalue weighted by Crippen LogP contribution is 2.68. The number of nitriles is 1. The van der Waals surface area contributed by atoms with Gasteiger partial charge in [0.15, 0.2) is 5.54 Å². The van der Waals surface area contributed by atoms with Gasteiger partial charge < -0.3 is 4.90 Å². The molecule has 6 nitrogen and oxygen atoms in total. The Labute approximate surface area is 200 Å². The zero-order chi connectivity index (χ0) is 23.4. The van der Waals surface area contributed by atoms with Gasteiger partial charge in [-0.05, 0) is 23.3 Å². The number of hydrogen-bond acceptors (Lipinski definition) is 4. The van der Waals surface area contributed by atoms with Gasteiger partial charge >= 0.3 is 0 Å². The van der Waals surface area contributed by atoms with Crippen molar-refractivity contribution in [2.75, 3.05) is 0 Å². The molecule has 0 bridgehead atoms. The standard InChI is InChI=1S/C25H17Cl2N3O3/c26-25(27)21-18-11-5-6-12-19(18)24(15-28,14-17-10-4-7-13-20(17)30(32)33)29(22(21)25)23(31)16-8-2-1-3-9-16/h1-13,21-22H,14H2/t21-,22+,24+/m0/s1. The van der Waals surface area contributed by atoms with E-state index in [1.54, 1.807) is 60.7 Å². The fraction of sp³-hybridized carbons (Fsp3) is 0.200. The van der Waals surface area contributed by atoms with E-state index in [2.05, 4.69) is 6.07 Å². The number of halogens is 2. The highest BCUT2D eigenvalue weighted by molar-refractivity contribution is 6.52. The van der Waals surface area contributed by atoms with E-state index in [-0.39, 0.29) is 18.0 Å². The molecule has 0 unspecified atom stereocenters. The fourth-order valence-corrected chi connectivity index (χ4v) is 5.78. The number of alkyl halides is 2. The Morgan fingerprint density at radius 1 is 1.03 bits per heavy atom. The SMILES string of the molecule is N#C[C@]1(Cc2ccccc2[N+](=O)[O-])c2ccccc2[C@H]2[C@@H](N1C(=O)c1ccccc1)C2(Cl)Cl. The van der Waals surface area contributed by atoms with Gasteiger partial charge in [-0.3, -0.25) is 14.9 Å². The normalized spacial score (nSPS) is 24.2. The maximum absolute atomic E-state index is 13.8. The number of benzene rings is 3. The van der Waals surface area contributed by atoms with Crippen LogP contribution in [0.4, 0.5) is 5.69 Å². The molecule has 5 rings (SSSR count). The second kappa shape index (κ2) is 7.58. The Morgan fingerprint density at radius 2 is 1.67 bits per heavy atom. The van der Waals surface area contributed by atoms with E-state index >= 15 is 0 Å². The number of fused-ring (bicyclic) bond motifs is 3. The number of carbonyl (C=O) groups is 1. The summed E-state index contributed by atoms with van der Waals surface area (Å²) in [5.74, 6) is -0.764. The Morgan fingerprint density at radius 3 is 2.36 bits per heavy atom. The van der Waals surface area contributed by atoms with Crippen LogP contribution in [0.15, 0.2) is 78.9 Å². The lowest BCUT2D eigenvalue weighted by molar-refractivity contribution is -0.385. The molecule has 33 heavy (non-hydrogen) atoms. The summed E-state index contributed by atoms with van der Waals surface area (Å²) in [6, 6.07) is 23.8. The fourth-order valence-electron chi connectivity index (χ4n) is 4.99. The molecule has 1 aliphatic carbocycles. The van der Waals surface area contributed by atoms with Crippen LogP contribution < -0.4 is 0 Å². The summed E-state index contributed by atoms with van der Waals surface area (Å²) in [7, 11) is 0. The first-order valence-electron chi connectivity index (χ1n) is 10.3. The minimum absolute atomic E-state index is 0.0800. The van der Waals surface area contributed by atoms with E-state index in [0.717, 1.165) is 5.56 Å². The number of para-hydroxylation sites is 1. The number of nitro benzene ring substituents is 1. The van der Waals surface area contributed by atoms with Crippen molar-refractivity contribution in [3.63, 3.8) is 0 Å². The second-order valence-corrected chi connectivity index (χ2v) is 9.70. The van der Waals surface area contributed by atoms with Crippen LogP contribution in [0.5, 0.6) is 0 Å². The van der Waals surface area contributed by atoms with E-state index in [9.17, 15) is 20.2 Å². The first-order valence-corrected chi connectivity index (χ1v) is 11.1. The summed E-state index contributed by atoms with van der Waals surface area (Å²) in [6.45, 7) is 0. The highest BCUT2D eigenvalue weighted by Gasteiger charge is 2.74. The molecule has 1 heterocycles. The smallest absolute Gasteiger partial charge is 0.272 e. The molecule has 2 aliphatic rings. The molecule has 3 aromatic rings. The molecule has 0 saturated heterocycles. The van der Waals surface area contributed by atoms with E-state index in [0.29, 0.717) is 16.7 Å². The molecule has 3 aromatic carbocycles. The van der Waals surface area contributed by atoms with Crippen LogP contribution in [-0.2, 0) is 12.0 Å². The molecular formula is C25H17Cl2N3O3. The second-order valence-electron chi connectivity index (χ2n) is 8.26. The largest absolute Gasteiger partial charge is 0.309 e. The van der Waals surface area contributed by atoms with Crippen LogP contribution in [0.2, 0.25) is 0 Å². The van der Waals surface area contributed by atoms with Gasteiger partial charge in [0, 0.05) is 29.5 Å². The van der Waals surface area contributed by atoms with E-state index in [1.807, 2.05) is 12.1 Å². The van der Waals surface area contributed by atoms with E-state index < -0.39 is 26.7 Å². The molecular weight excluding hydrogens is 461 g/mol. The summed E-state index contributed by atoms with van der Waals surface area (Å²) in [5, 5.41) is 22.4. The maximum atomic E-state index is 13.8. The minimum Gasteiger partial charge on any atom is -0.309 e. The molecule has 1 fully saturated rings. The number of amides is 1. The summed E-state index contributed by atoms with van der Waals surface area (Å²) in [6.07, 6.45) is -0.0800. The van der Waals surface area contributed by atoms with Gasteiger partial charge in [-0.2, -0.15) is 5.26 Å². The molecule has 1 amide bonds. The Bertz CT molecular complexity index is 1320. The Kier molecular flexibility index (Phi) is 4.93. The number of rotatable bonds is 4. The Hall–Kier alpha value is -3.40. The average Bonchev–Trinajstić information content (AvgIpc) is 3.40. The molecule has 8 heteroatoms. The molecule has 0 aromatic heterocycles. The summed E-state index contributed by atoms with van der Waals surface area (Å²) in [5.41, 5.74) is 0.441. The highest BCUT2D eigenvalue weighted by atomic mass is 35.5. The lowest BCUT2D eigenvalue weighted by Gasteiger charge is -2.43. The van der Waals surface area contributed by atoms with Crippen molar-refractivity contribution in [3.05, 3.63) is 111 Å². The van der Waals surface area contributed by atoms with Crippen LogP contribution in [-0.4, -0.2) is 26.1 Å². The zero-order valence-corrected chi connectivity index (χ0v) is 18.7. The number of carbonyl (C=O) groups excluding carboxylic acids is 1. The van der Waals surface area contributed by atoms with E-state index in [1.165, 1.54) is 11.0 Å². The van der Waals surface area contributed by atoms with Gasteiger partial charge in [0.25, 0.3) is 11.6 Å². The van der Waals surface area contributed by atoms with Crippen LogP contribution in [0, 0.1) is 21.4 Å². The summed E-state index contributed by atoms with van der Waals surface area (Å²) >= 11 is 13.4. The monoisotopic (exact) mass is 477 g/mol. The van der Waals surface area contributed by atoms with Gasteiger partial charge in [0.05, 0.1) is 17.0 Å². The molecule has 164 valence electrons. The Balaban J connectivity index is 1.75. The zero-order valence-electron chi connectivity index (χ0n) is 17.2. The molecule has 1 saturated carbocycles. The van der Waals surface area contributed by atoms with Crippen LogP contribution in [0.1, 0.15) is 33.0 Å². The van der Waals surface area contributed by atoms with Crippen molar-refractivity contribution in [3.8, 4) is 6.07 Å². The van der Waals surface area contributed by atoms with Crippen molar-refractivity contribution in [2.45, 2.75) is 28.3 Å². The van der Waals surface area contributed by atoms with Crippen molar-refractivity contribution in [2.24, 2.45) is 0 Å². The van der Waals surface area contributed by atoms with Crippen molar-refractivity contribution in [1.29, 1.82) is 5.26 Å². The number of hydrogen-bond donors (Lipinski definition) is 0. The van der Waals surface area contributed by atoms with E-state index in [4.69, 9.17) is 23.2 Å². The predicted octanol–water partition coefficient (Wildman–Crippen LogP) is 5.35. The molecule has 3 atom stereocenters. The van der Waals surface area contributed by atoms with Crippen molar-refractivity contribution in [1.82, 2.24) is 4.90 Å². The van der Waals surface area contributed by atoms with Gasteiger partial charge in [-0.25, -0.2) is 0 Å². The van der Waals surface area contributed by atoms with Gasteiger partial charge in [0.2, 0.25) is 0 Å². The third-order valence-corrected chi connectivity index (χ3v) is 7.42. The summed E-state index contributed by atoms with van der Waals surface area (Å²) < 4.78 is -1.28. The first kappa shape index (κ1) is 21.4. The number of nitro groups is 1. The third kappa shape index (κ3) is 3.12. The maximum Gasteiger partial charge on any atom is 0.272 e. The molecule has 1 aliphatic heterocycles.